The molecule has 2 aromatic rings. The van der Waals surface area contributed by atoms with Crippen LogP contribution >= 0.6 is 0 Å². The van der Waals surface area contributed by atoms with E-state index in [9.17, 15) is 4.79 Å². The minimum Gasteiger partial charge on any atom is -0.493 e. The van der Waals surface area contributed by atoms with Gasteiger partial charge in [0.05, 0.1) is 17.9 Å². The van der Waals surface area contributed by atoms with Gasteiger partial charge in [-0.15, -0.1) is 0 Å². The number of fused-ring (bicyclic) bond motifs is 2. The highest BCUT2D eigenvalue weighted by atomic mass is 16.5. The number of ether oxygens (including phenoxy) is 1. The standard InChI is InChI=1S/C24H32N4O2/c1-4-5-15-30-20-10-7-6-9-19(20)22(29)28-14-8-12-24(17-28)13-11-18-16-25-23(27(2)3)26-21(18)24/h6-7,9-10,16H,4-5,8,11-15,17H2,1-3H3. The maximum Gasteiger partial charge on any atom is 0.257 e. The summed E-state index contributed by atoms with van der Waals surface area (Å²) < 4.78 is 5.93. The lowest BCUT2D eigenvalue weighted by atomic mass is 9.77. The highest BCUT2D eigenvalue weighted by Crippen LogP contribution is 2.44. The second kappa shape index (κ2) is 8.62. The number of anilines is 1. The first kappa shape index (κ1) is 20.6. The third-order valence-corrected chi connectivity index (χ3v) is 6.36. The number of rotatable bonds is 6. The van der Waals surface area contributed by atoms with E-state index >= 15 is 0 Å². The van der Waals surface area contributed by atoms with Crippen LogP contribution in [0.15, 0.2) is 30.5 Å². The number of hydrogen-bond acceptors (Lipinski definition) is 5. The number of aromatic nitrogens is 2. The Morgan fingerprint density at radius 1 is 1.27 bits per heavy atom. The molecule has 6 heteroatoms. The van der Waals surface area contributed by atoms with E-state index in [0.717, 1.165) is 56.7 Å². The van der Waals surface area contributed by atoms with Crippen molar-refractivity contribution < 1.29 is 9.53 Å². The second-order valence-corrected chi connectivity index (χ2v) is 8.75. The third-order valence-electron chi connectivity index (χ3n) is 6.36. The molecule has 2 heterocycles. The molecule has 0 bridgehead atoms. The van der Waals surface area contributed by atoms with Crippen molar-refractivity contribution in [2.45, 2.75) is 50.9 Å². The van der Waals surface area contributed by atoms with Gasteiger partial charge in [0, 0.05) is 38.8 Å². The number of piperidine rings is 1. The summed E-state index contributed by atoms with van der Waals surface area (Å²) in [5.74, 6) is 1.50. The normalized spacial score (nSPS) is 20.3. The average molecular weight is 409 g/mol. The van der Waals surface area contributed by atoms with Gasteiger partial charge in [0.25, 0.3) is 5.91 Å². The molecule has 4 rings (SSSR count). The Bertz CT molecular complexity index is 910. The topological polar surface area (TPSA) is 58.6 Å². The summed E-state index contributed by atoms with van der Waals surface area (Å²) in [7, 11) is 3.94. The smallest absolute Gasteiger partial charge is 0.257 e. The van der Waals surface area contributed by atoms with Crippen molar-refractivity contribution in [1.29, 1.82) is 0 Å². The lowest BCUT2D eigenvalue weighted by molar-refractivity contribution is 0.0629. The minimum atomic E-state index is -0.0606. The first-order valence-electron chi connectivity index (χ1n) is 11.1. The molecule has 1 aromatic heterocycles. The van der Waals surface area contributed by atoms with Gasteiger partial charge >= 0.3 is 0 Å². The van der Waals surface area contributed by atoms with E-state index in [-0.39, 0.29) is 11.3 Å². The SMILES string of the molecule is CCCCOc1ccccc1C(=O)N1CCCC2(CCc3cnc(N(C)C)nc32)C1. The Morgan fingerprint density at radius 3 is 2.90 bits per heavy atom. The quantitative estimate of drug-likeness (QED) is 0.680. The second-order valence-electron chi connectivity index (χ2n) is 8.75. The van der Waals surface area contributed by atoms with Crippen LogP contribution in [0.25, 0.3) is 0 Å². The van der Waals surface area contributed by atoms with Crippen LogP contribution in [0.3, 0.4) is 0 Å². The molecule has 1 aliphatic heterocycles. The third kappa shape index (κ3) is 3.87. The fraction of sp³-hybridized carbons (Fsp3) is 0.542. The van der Waals surface area contributed by atoms with E-state index in [4.69, 9.17) is 9.72 Å². The molecule has 1 saturated heterocycles. The number of amides is 1. The fourth-order valence-corrected chi connectivity index (χ4v) is 4.72. The van der Waals surface area contributed by atoms with Gasteiger partial charge in [-0.3, -0.25) is 4.79 Å². The first-order valence-corrected chi connectivity index (χ1v) is 11.1. The maximum atomic E-state index is 13.5. The van der Waals surface area contributed by atoms with Gasteiger partial charge < -0.3 is 14.5 Å². The molecule has 1 amide bonds. The molecule has 30 heavy (non-hydrogen) atoms. The number of carbonyl (C=O) groups excluding carboxylic acids is 1. The predicted molar refractivity (Wildman–Crippen MR) is 118 cm³/mol. The molecule has 1 unspecified atom stereocenters. The Labute approximate surface area is 179 Å². The minimum absolute atomic E-state index is 0.0606. The summed E-state index contributed by atoms with van der Waals surface area (Å²) in [6.45, 7) is 4.28. The molecule has 1 spiro atoms. The molecule has 0 N–H and O–H groups in total. The van der Waals surface area contributed by atoms with Crippen molar-refractivity contribution in [3.8, 4) is 5.75 Å². The van der Waals surface area contributed by atoms with E-state index in [1.54, 1.807) is 0 Å². The van der Waals surface area contributed by atoms with Crippen LogP contribution in [0.1, 0.15) is 60.6 Å². The Balaban J connectivity index is 1.58. The summed E-state index contributed by atoms with van der Waals surface area (Å²) in [6, 6.07) is 7.65. The molecule has 1 atom stereocenters. The first-order chi connectivity index (χ1) is 14.5. The van der Waals surface area contributed by atoms with Crippen molar-refractivity contribution in [1.82, 2.24) is 14.9 Å². The van der Waals surface area contributed by atoms with Crippen LogP contribution in [0.5, 0.6) is 5.75 Å². The number of benzene rings is 1. The van der Waals surface area contributed by atoms with Crippen LogP contribution in [0.2, 0.25) is 0 Å². The zero-order chi connectivity index (χ0) is 21.1. The zero-order valence-corrected chi connectivity index (χ0v) is 18.4. The zero-order valence-electron chi connectivity index (χ0n) is 18.4. The van der Waals surface area contributed by atoms with E-state index < -0.39 is 0 Å². The molecule has 6 nitrogen and oxygen atoms in total. The van der Waals surface area contributed by atoms with E-state index in [1.807, 2.05) is 54.4 Å². The molecule has 160 valence electrons. The van der Waals surface area contributed by atoms with Gasteiger partial charge in [-0.05, 0) is 49.8 Å². The molecule has 1 aliphatic carbocycles. The van der Waals surface area contributed by atoms with Crippen molar-refractivity contribution in [2.24, 2.45) is 0 Å². The molecule has 1 aromatic carbocycles. The summed E-state index contributed by atoms with van der Waals surface area (Å²) in [5, 5.41) is 0. The molecular weight excluding hydrogens is 376 g/mol. The Morgan fingerprint density at radius 2 is 2.10 bits per heavy atom. The number of likely N-dealkylation sites (tertiary alicyclic amines) is 1. The van der Waals surface area contributed by atoms with Gasteiger partial charge in [-0.25, -0.2) is 9.97 Å². The lowest BCUT2D eigenvalue weighted by Gasteiger charge is -2.40. The number of hydrogen-bond donors (Lipinski definition) is 0. The number of nitrogens with zero attached hydrogens (tertiary/aromatic N) is 4. The van der Waals surface area contributed by atoms with Crippen molar-refractivity contribution in [3.63, 3.8) is 0 Å². The van der Waals surface area contributed by atoms with Crippen LogP contribution in [-0.2, 0) is 11.8 Å². The van der Waals surface area contributed by atoms with Gasteiger partial charge in [-0.1, -0.05) is 25.5 Å². The van der Waals surface area contributed by atoms with Crippen LogP contribution in [-0.4, -0.2) is 54.6 Å². The summed E-state index contributed by atoms with van der Waals surface area (Å²) in [6.07, 6.45) is 8.12. The van der Waals surface area contributed by atoms with Crippen molar-refractivity contribution in [2.75, 3.05) is 38.7 Å². The summed E-state index contributed by atoms with van der Waals surface area (Å²) >= 11 is 0. The van der Waals surface area contributed by atoms with Gasteiger partial charge in [0.2, 0.25) is 5.95 Å². The molecule has 2 aliphatic rings. The Kier molecular flexibility index (Phi) is 5.93. The van der Waals surface area contributed by atoms with Crippen LogP contribution < -0.4 is 9.64 Å². The molecule has 0 radical (unpaired) electrons. The highest BCUT2D eigenvalue weighted by molar-refractivity contribution is 5.97. The van der Waals surface area contributed by atoms with E-state index in [1.165, 1.54) is 5.56 Å². The van der Waals surface area contributed by atoms with E-state index in [0.29, 0.717) is 24.5 Å². The van der Waals surface area contributed by atoms with Gasteiger partial charge in [0.15, 0.2) is 0 Å². The number of aryl methyl sites for hydroxylation is 1. The highest BCUT2D eigenvalue weighted by Gasteiger charge is 2.45. The average Bonchev–Trinajstić information content (AvgIpc) is 3.11. The van der Waals surface area contributed by atoms with Crippen molar-refractivity contribution in [3.05, 3.63) is 47.3 Å². The number of unbranched alkanes of at least 4 members (excludes halogenated alkanes) is 1. The fourth-order valence-electron chi connectivity index (χ4n) is 4.72. The monoisotopic (exact) mass is 408 g/mol. The molecule has 0 saturated carbocycles. The predicted octanol–water partition coefficient (Wildman–Crippen LogP) is 3.84. The van der Waals surface area contributed by atoms with E-state index in [2.05, 4.69) is 11.9 Å². The lowest BCUT2D eigenvalue weighted by Crippen LogP contribution is -2.48. The van der Waals surface area contributed by atoms with Gasteiger partial charge in [0.1, 0.15) is 5.75 Å². The van der Waals surface area contributed by atoms with Crippen LogP contribution in [0.4, 0.5) is 5.95 Å². The largest absolute Gasteiger partial charge is 0.493 e. The molecular formula is C24H32N4O2. The molecule has 1 fully saturated rings. The van der Waals surface area contributed by atoms with Gasteiger partial charge in [-0.2, -0.15) is 0 Å². The van der Waals surface area contributed by atoms with Crippen molar-refractivity contribution >= 4 is 11.9 Å². The van der Waals surface area contributed by atoms with Crippen LogP contribution in [0, 0.1) is 0 Å². The number of carbonyl (C=O) groups is 1. The Hall–Kier alpha value is -2.63. The maximum absolute atomic E-state index is 13.5. The summed E-state index contributed by atoms with van der Waals surface area (Å²) in [4.78, 5) is 26.9. The number of para-hydroxylation sites is 1. The summed E-state index contributed by atoms with van der Waals surface area (Å²) in [5.41, 5.74) is 2.99.